The zero-order valence-corrected chi connectivity index (χ0v) is 18.7. The van der Waals surface area contributed by atoms with Crippen molar-refractivity contribution in [2.75, 3.05) is 19.6 Å². The van der Waals surface area contributed by atoms with Gasteiger partial charge in [-0.05, 0) is 37.0 Å². The Labute approximate surface area is 188 Å². The first-order valence-corrected chi connectivity index (χ1v) is 10.7. The lowest BCUT2D eigenvalue weighted by Gasteiger charge is -2.65. The summed E-state index contributed by atoms with van der Waals surface area (Å²) in [6.45, 7) is 6.92. The van der Waals surface area contributed by atoms with Crippen molar-refractivity contribution in [2.24, 2.45) is 5.92 Å². The number of ether oxygens (including phenoxy) is 1. The Hall–Kier alpha value is -1.12. The second kappa shape index (κ2) is 6.20. The summed E-state index contributed by atoms with van der Waals surface area (Å²) in [5.41, 5.74) is 0.378. The molecule has 1 aromatic rings. The van der Waals surface area contributed by atoms with Gasteiger partial charge in [0.05, 0.1) is 25.0 Å². The monoisotopic (exact) mass is 509 g/mol. The molecule has 2 saturated carbocycles. The average molecular weight is 509 g/mol. The minimum Gasteiger partial charge on any atom is -1.00 e. The Morgan fingerprint density at radius 2 is 2.10 bits per heavy atom. The van der Waals surface area contributed by atoms with Gasteiger partial charge in [0.2, 0.25) is 0 Å². The number of hydrogen-bond acceptors (Lipinski definition) is 4. The Balaban J connectivity index is 0.00000181. The van der Waals surface area contributed by atoms with Gasteiger partial charge in [-0.3, -0.25) is 4.79 Å². The number of nitrogens with zero attached hydrogens (tertiary/aromatic N) is 1. The van der Waals surface area contributed by atoms with Crippen molar-refractivity contribution >= 4 is 5.78 Å². The van der Waals surface area contributed by atoms with Crippen LogP contribution < -0.4 is 28.7 Å². The highest BCUT2D eigenvalue weighted by Crippen LogP contribution is 2.66. The number of piperidine rings is 1. The minimum atomic E-state index is -0.978. The number of ketones is 1. The van der Waals surface area contributed by atoms with Crippen LogP contribution in [0.2, 0.25) is 0 Å². The number of Topliss-reactive ketones (excluding diaryl/α,β-unsaturated/α-hetero) is 1. The number of quaternary nitrogens is 1. The molecule has 1 unspecified atom stereocenters. The Bertz CT molecular complexity index is 914. The first-order valence-electron chi connectivity index (χ1n) is 10.7. The molecule has 1 aromatic carbocycles. The highest BCUT2D eigenvalue weighted by atomic mass is 127. The van der Waals surface area contributed by atoms with Gasteiger partial charge >= 0.3 is 0 Å². The molecule has 6 heteroatoms. The number of halogens is 1. The number of likely N-dealkylation sites (tertiary alicyclic amines) is 1. The van der Waals surface area contributed by atoms with E-state index in [2.05, 4.69) is 6.58 Å². The third-order valence-corrected chi connectivity index (χ3v) is 8.56. The smallest absolute Gasteiger partial charge is 0.174 e. The molecule has 0 aromatic heterocycles. The van der Waals surface area contributed by atoms with Gasteiger partial charge in [-0.2, -0.15) is 0 Å². The fraction of sp³-hybridized carbons (Fsp3) is 0.609. The average Bonchev–Trinajstić information content (AvgIpc) is 3.39. The molecule has 0 radical (unpaired) electrons. The van der Waals surface area contributed by atoms with Gasteiger partial charge < -0.3 is 43.4 Å². The van der Waals surface area contributed by atoms with Gasteiger partial charge in [0, 0.05) is 30.7 Å². The maximum Gasteiger partial charge on any atom is 0.174 e. The van der Waals surface area contributed by atoms with E-state index in [0.717, 1.165) is 54.0 Å². The number of carbonyl (C=O) groups excluding carboxylic acids is 1. The van der Waals surface area contributed by atoms with Crippen LogP contribution in [-0.2, 0) is 16.6 Å². The molecule has 2 N–H and O–H groups in total. The van der Waals surface area contributed by atoms with Crippen LogP contribution in [0.5, 0.6) is 11.5 Å². The standard InChI is InChI=1S/C23H27NO4.HI/c1-2-10-24(13-14-3-4-14)11-9-22-19-15-5-6-16(25)20(19)28-21(22)17(26)7-8-23(22,27)18(24)12-15;/h2,5-6,14,18,21,27H,1,3-4,7-13H2;1H/t18-,21+,22+,23-,24?;/m1./s1. The molecule has 2 heterocycles. The number of carbonyl (C=O) groups is 1. The number of hydrogen-bond donors (Lipinski definition) is 2. The maximum absolute atomic E-state index is 12.9. The van der Waals surface area contributed by atoms with Crippen molar-refractivity contribution in [3.05, 3.63) is 35.9 Å². The number of rotatable bonds is 4. The van der Waals surface area contributed by atoms with E-state index in [4.69, 9.17) is 4.74 Å². The van der Waals surface area contributed by atoms with Gasteiger partial charge in [-0.25, -0.2) is 0 Å². The van der Waals surface area contributed by atoms with Crippen molar-refractivity contribution in [2.45, 2.75) is 61.7 Å². The van der Waals surface area contributed by atoms with E-state index >= 15 is 0 Å². The maximum atomic E-state index is 12.9. The number of phenols is 1. The summed E-state index contributed by atoms with van der Waals surface area (Å²) >= 11 is 0. The summed E-state index contributed by atoms with van der Waals surface area (Å²) in [7, 11) is 0. The number of aromatic hydroxyl groups is 1. The lowest BCUT2D eigenvalue weighted by Crippen LogP contribution is -3.00. The van der Waals surface area contributed by atoms with Crippen molar-refractivity contribution in [3.63, 3.8) is 0 Å². The van der Waals surface area contributed by atoms with Gasteiger partial charge in [0.25, 0.3) is 0 Å². The van der Waals surface area contributed by atoms with Crippen molar-refractivity contribution < 1.29 is 48.2 Å². The molecule has 5 atom stereocenters. The van der Waals surface area contributed by atoms with Crippen molar-refractivity contribution in [3.8, 4) is 11.5 Å². The molecule has 2 aliphatic heterocycles. The number of benzene rings is 1. The molecule has 5 aliphatic rings. The molecule has 1 spiro atoms. The lowest BCUT2D eigenvalue weighted by atomic mass is 9.48. The van der Waals surface area contributed by atoms with Crippen LogP contribution in [0.4, 0.5) is 0 Å². The molecule has 5 nitrogen and oxygen atoms in total. The number of aliphatic hydroxyl groups is 1. The minimum absolute atomic E-state index is 0. The molecule has 6 rings (SSSR count). The zero-order chi connectivity index (χ0) is 19.3. The van der Waals surface area contributed by atoms with Gasteiger partial charge in [0.1, 0.15) is 11.6 Å². The molecular formula is C23H28INO4. The van der Waals surface area contributed by atoms with Crippen LogP contribution in [0, 0.1) is 5.92 Å². The predicted octanol–water partition coefficient (Wildman–Crippen LogP) is -0.770. The van der Waals surface area contributed by atoms with Crippen molar-refractivity contribution in [1.29, 1.82) is 0 Å². The highest BCUT2D eigenvalue weighted by molar-refractivity contribution is 5.90. The fourth-order valence-corrected chi connectivity index (χ4v) is 7.29. The summed E-state index contributed by atoms with van der Waals surface area (Å²) < 4.78 is 7.00. The largest absolute Gasteiger partial charge is 1.00 e. The van der Waals surface area contributed by atoms with Gasteiger partial charge in [0.15, 0.2) is 23.4 Å². The topological polar surface area (TPSA) is 66.8 Å². The van der Waals surface area contributed by atoms with Gasteiger partial charge in [-0.1, -0.05) is 12.6 Å². The Morgan fingerprint density at radius 3 is 2.83 bits per heavy atom. The molecule has 3 aliphatic carbocycles. The van der Waals surface area contributed by atoms with E-state index in [-0.39, 0.29) is 41.6 Å². The van der Waals surface area contributed by atoms with Crippen LogP contribution >= 0.6 is 0 Å². The highest BCUT2D eigenvalue weighted by Gasteiger charge is 2.76. The van der Waals surface area contributed by atoms with E-state index in [9.17, 15) is 15.0 Å². The van der Waals surface area contributed by atoms with Crippen LogP contribution in [-0.4, -0.2) is 57.9 Å². The third-order valence-electron chi connectivity index (χ3n) is 8.56. The first kappa shape index (κ1) is 19.8. The predicted molar refractivity (Wildman–Crippen MR) is 103 cm³/mol. The van der Waals surface area contributed by atoms with Crippen LogP contribution in [0.3, 0.4) is 0 Å². The summed E-state index contributed by atoms with van der Waals surface area (Å²) in [5, 5.41) is 22.8. The van der Waals surface area contributed by atoms with E-state index in [1.807, 2.05) is 12.1 Å². The van der Waals surface area contributed by atoms with Gasteiger partial charge in [-0.15, -0.1) is 0 Å². The Morgan fingerprint density at radius 1 is 1.31 bits per heavy atom. The van der Waals surface area contributed by atoms with Crippen LogP contribution in [0.1, 0.15) is 43.2 Å². The molecule has 3 fully saturated rings. The van der Waals surface area contributed by atoms with E-state index < -0.39 is 17.1 Å². The molecule has 156 valence electrons. The second-order valence-electron chi connectivity index (χ2n) is 9.82. The van der Waals surface area contributed by atoms with Crippen LogP contribution in [0.15, 0.2) is 24.8 Å². The molecule has 0 amide bonds. The van der Waals surface area contributed by atoms with Crippen LogP contribution in [0.25, 0.3) is 0 Å². The molecule has 29 heavy (non-hydrogen) atoms. The van der Waals surface area contributed by atoms with E-state index in [1.165, 1.54) is 12.8 Å². The first-order chi connectivity index (χ1) is 13.5. The zero-order valence-electron chi connectivity index (χ0n) is 16.6. The molecule has 2 bridgehead atoms. The second-order valence-corrected chi connectivity index (χ2v) is 9.82. The summed E-state index contributed by atoms with van der Waals surface area (Å²) in [6, 6.07) is 3.72. The third kappa shape index (κ3) is 2.26. The summed E-state index contributed by atoms with van der Waals surface area (Å²) in [6.07, 6.45) is 6.25. The van der Waals surface area contributed by atoms with E-state index in [1.54, 1.807) is 6.07 Å². The fourth-order valence-electron chi connectivity index (χ4n) is 7.29. The lowest BCUT2D eigenvalue weighted by molar-refractivity contribution is -0.962. The van der Waals surface area contributed by atoms with E-state index in [0.29, 0.717) is 18.6 Å². The number of phenolic OH excluding ortho intramolecular Hbond substituents is 1. The Kier molecular flexibility index (Phi) is 4.24. The normalized spacial score (nSPS) is 41.2. The van der Waals surface area contributed by atoms with Crippen molar-refractivity contribution in [1.82, 2.24) is 0 Å². The summed E-state index contributed by atoms with van der Waals surface area (Å²) in [4.78, 5) is 12.9. The summed E-state index contributed by atoms with van der Waals surface area (Å²) in [5.74, 6) is 1.35. The molecule has 1 saturated heterocycles. The molecular weight excluding hydrogens is 481 g/mol. The quantitative estimate of drug-likeness (QED) is 0.318. The SMILES string of the molecule is C=CC[N+]1(CC2CC2)CC[C@]23c4c5ccc(O)c4O[C@H]2C(=O)CC[C@@]3(O)[C@H]1C5.[I-].